The largest absolute Gasteiger partial charge is 0.331 e. The Morgan fingerprint density at radius 1 is 1.25 bits per heavy atom. The first-order chi connectivity index (χ1) is 13.4. The number of benzene rings is 1. The van der Waals surface area contributed by atoms with E-state index in [4.69, 9.17) is 5.41 Å². The molecule has 1 aromatic rings. The summed E-state index contributed by atoms with van der Waals surface area (Å²) >= 11 is 0. The van der Waals surface area contributed by atoms with E-state index in [1.165, 1.54) is 17.0 Å². The molecule has 1 fully saturated rings. The van der Waals surface area contributed by atoms with Crippen LogP contribution in [0.4, 0.5) is 8.78 Å². The average molecular weight is 380 g/mol. The van der Waals surface area contributed by atoms with Gasteiger partial charge < -0.3 is 10.3 Å². The summed E-state index contributed by atoms with van der Waals surface area (Å²) < 4.78 is 28.7. The molecule has 1 saturated carbocycles. The van der Waals surface area contributed by atoms with Crippen molar-refractivity contribution in [1.82, 2.24) is 0 Å². The third-order valence-corrected chi connectivity index (χ3v) is 5.88. The first-order valence-corrected chi connectivity index (χ1v) is 9.23. The molecule has 0 spiro atoms. The van der Waals surface area contributed by atoms with E-state index in [1.807, 2.05) is 31.2 Å². The fourth-order valence-electron chi connectivity index (χ4n) is 4.62. The van der Waals surface area contributed by atoms with Gasteiger partial charge in [0.05, 0.1) is 43.6 Å². The van der Waals surface area contributed by atoms with Crippen LogP contribution in [0.1, 0.15) is 24.8 Å². The van der Waals surface area contributed by atoms with E-state index in [0.717, 1.165) is 19.0 Å². The summed E-state index contributed by atoms with van der Waals surface area (Å²) in [5, 5.41) is 38.0. The number of hydrogen-bond acceptors (Lipinski definition) is 4. The number of nitrogens with zero attached hydrogens (tertiary/aromatic N) is 3. The molecule has 0 aromatic heterocycles. The number of nitrogens with one attached hydrogen (secondary N) is 2. The molecule has 4 atom stereocenters. The molecule has 1 aromatic carbocycles. The van der Waals surface area contributed by atoms with Crippen LogP contribution in [0, 0.1) is 68.3 Å². The molecule has 1 aliphatic carbocycles. The van der Waals surface area contributed by atoms with E-state index in [-0.39, 0.29) is 11.3 Å². The Balaban J connectivity index is 2.27. The Hall–Kier alpha value is -3.08. The van der Waals surface area contributed by atoms with Gasteiger partial charge in [-0.15, -0.1) is 0 Å². The summed E-state index contributed by atoms with van der Waals surface area (Å²) in [4.78, 5) is 1.19. The van der Waals surface area contributed by atoms with E-state index >= 15 is 0 Å². The van der Waals surface area contributed by atoms with E-state index in [2.05, 4.69) is 0 Å². The molecule has 0 amide bonds. The van der Waals surface area contributed by atoms with Crippen molar-refractivity contribution in [2.24, 2.45) is 17.3 Å². The Bertz CT molecular complexity index is 948. The number of rotatable bonds is 3. The van der Waals surface area contributed by atoms with Gasteiger partial charge in [-0.3, -0.25) is 0 Å². The summed E-state index contributed by atoms with van der Waals surface area (Å²) in [7, 11) is 0. The second-order valence-corrected chi connectivity index (χ2v) is 7.35. The molecule has 142 valence electrons. The highest BCUT2D eigenvalue weighted by molar-refractivity contribution is 6.00. The van der Waals surface area contributed by atoms with Gasteiger partial charge in [0.25, 0.3) is 0 Å². The van der Waals surface area contributed by atoms with Crippen molar-refractivity contribution in [3.8, 4) is 18.2 Å². The molecule has 0 radical (unpaired) electrons. The maximum absolute atomic E-state index is 14.8. The quantitative estimate of drug-likeness (QED) is 0.786. The van der Waals surface area contributed by atoms with Crippen LogP contribution in [0.15, 0.2) is 29.8 Å². The van der Waals surface area contributed by atoms with Gasteiger partial charge in [0.15, 0.2) is 17.0 Å². The topological polar surface area (TPSA) is 99.7 Å². The van der Waals surface area contributed by atoms with Crippen LogP contribution in [-0.4, -0.2) is 25.3 Å². The van der Waals surface area contributed by atoms with E-state index in [9.17, 15) is 24.6 Å². The Kier molecular flexibility index (Phi) is 5.27. The van der Waals surface area contributed by atoms with Gasteiger partial charge in [0.1, 0.15) is 5.92 Å². The third-order valence-electron chi connectivity index (χ3n) is 5.88. The zero-order valence-electron chi connectivity index (χ0n) is 15.5. The van der Waals surface area contributed by atoms with E-state index in [0.29, 0.717) is 18.7 Å². The second-order valence-electron chi connectivity index (χ2n) is 7.35. The van der Waals surface area contributed by atoms with Crippen molar-refractivity contribution in [2.75, 3.05) is 19.6 Å². The molecule has 2 aliphatic rings. The van der Waals surface area contributed by atoms with Crippen molar-refractivity contribution in [2.45, 2.75) is 19.3 Å². The van der Waals surface area contributed by atoms with Crippen LogP contribution < -0.4 is 4.90 Å². The van der Waals surface area contributed by atoms with Crippen LogP contribution in [0.2, 0.25) is 0 Å². The second kappa shape index (κ2) is 7.50. The van der Waals surface area contributed by atoms with Gasteiger partial charge in [-0.1, -0.05) is 19.1 Å². The lowest BCUT2D eigenvalue weighted by atomic mass is 9.54. The summed E-state index contributed by atoms with van der Waals surface area (Å²) in [5.41, 5.74) is -1.82. The van der Waals surface area contributed by atoms with Crippen molar-refractivity contribution in [3.63, 3.8) is 0 Å². The maximum atomic E-state index is 14.8. The minimum Gasteiger partial charge on any atom is -0.331 e. The normalized spacial score (nSPS) is 28.3. The van der Waals surface area contributed by atoms with E-state index < -0.39 is 34.8 Å². The number of nitriles is 3. The minimum atomic E-state index is -2.02. The molecular weight excluding hydrogens is 360 g/mol. The Morgan fingerprint density at radius 2 is 1.96 bits per heavy atom. The van der Waals surface area contributed by atoms with Gasteiger partial charge in [0, 0.05) is 11.8 Å². The van der Waals surface area contributed by atoms with Gasteiger partial charge in [0.2, 0.25) is 0 Å². The molecule has 3 rings (SSSR count). The highest BCUT2D eigenvalue weighted by Crippen LogP contribution is 2.52. The van der Waals surface area contributed by atoms with Crippen molar-refractivity contribution >= 4 is 5.71 Å². The maximum Gasteiger partial charge on any atom is 0.190 e. The standard InChI is InChI=1S/C21H19F2N5/c1-2-7-28-8-6-13-15(9-24)20(27)21(11-25,12-26)18(16(13)10-28)14-4-3-5-17(22)19(14)23/h3-6,15-16,18,27H,2,7-8,10H2,1H3/p+1/t15?,16-,18+/m0/s1. The van der Waals surface area contributed by atoms with Gasteiger partial charge >= 0.3 is 0 Å². The Morgan fingerprint density at radius 3 is 2.57 bits per heavy atom. The van der Waals surface area contributed by atoms with Crippen LogP contribution >= 0.6 is 0 Å². The number of fused-ring (bicyclic) bond motifs is 1. The van der Waals surface area contributed by atoms with Crippen molar-refractivity contribution in [1.29, 1.82) is 21.2 Å². The first-order valence-electron chi connectivity index (χ1n) is 9.23. The van der Waals surface area contributed by atoms with Crippen molar-refractivity contribution < 1.29 is 13.7 Å². The molecule has 28 heavy (non-hydrogen) atoms. The number of halogens is 2. The number of hydrogen-bond donors (Lipinski definition) is 2. The Labute approximate surface area is 162 Å². The van der Waals surface area contributed by atoms with Gasteiger partial charge in [-0.2, -0.15) is 15.8 Å². The molecule has 1 aliphatic heterocycles. The molecule has 0 bridgehead atoms. The molecule has 7 heteroatoms. The average Bonchev–Trinajstić information content (AvgIpc) is 2.70. The lowest BCUT2D eigenvalue weighted by Gasteiger charge is -2.46. The molecule has 2 N–H and O–H groups in total. The van der Waals surface area contributed by atoms with E-state index in [1.54, 1.807) is 0 Å². The smallest absolute Gasteiger partial charge is 0.190 e. The van der Waals surface area contributed by atoms with Gasteiger partial charge in [-0.05, 0) is 29.7 Å². The van der Waals surface area contributed by atoms with Crippen LogP contribution in [0.3, 0.4) is 0 Å². The van der Waals surface area contributed by atoms with Crippen molar-refractivity contribution in [3.05, 3.63) is 47.0 Å². The highest BCUT2D eigenvalue weighted by atomic mass is 19.2. The summed E-state index contributed by atoms with van der Waals surface area (Å²) in [5.74, 6) is -4.71. The van der Waals surface area contributed by atoms with Crippen LogP contribution in [-0.2, 0) is 0 Å². The number of quaternary nitrogens is 1. The monoisotopic (exact) mass is 380 g/mol. The SMILES string of the molecule is CCC[NH+]1CC=C2C(C#N)C(=N)C(C#N)(C#N)[C@H](c3cccc(F)c3F)[C@H]2C1. The highest BCUT2D eigenvalue weighted by Gasteiger charge is 2.59. The fourth-order valence-corrected chi connectivity index (χ4v) is 4.62. The predicted octanol–water partition coefficient (Wildman–Crippen LogP) is 2.11. The zero-order valence-corrected chi connectivity index (χ0v) is 15.5. The predicted molar refractivity (Wildman–Crippen MR) is 97.0 cm³/mol. The molecule has 5 nitrogen and oxygen atoms in total. The lowest BCUT2D eigenvalue weighted by molar-refractivity contribution is -0.899. The summed E-state index contributed by atoms with van der Waals surface area (Å²) in [6.45, 7) is 4.05. The molecule has 0 saturated heterocycles. The summed E-state index contributed by atoms with van der Waals surface area (Å²) in [6.07, 6.45) is 2.80. The third kappa shape index (κ3) is 2.78. The summed E-state index contributed by atoms with van der Waals surface area (Å²) in [6, 6.07) is 9.54. The first kappa shape index (κ1) is 19.7. The van der Waals surface area contributed by atoms with Crippen LogP contribution in [0.25, 0.3) is 0 Å². The van der Waals surface area contributed by atoms with Crippen LogP contribution in [0.5, 0.6) is 0 Å². The lowest BCUT2D eigenvalue weighted by Crippen LogP contribution is -3.13. The van der Waals surface area contributed by atoms with Gasteiger partial charge in [-0.25, -0.2) is 8.78 Å². The fraction of sp³-hybridized carbons (Fsp3) is 0.429. The minimum absolute atomic E-state index is 0.0853. The molecule has 2 unspecified atom stereocenters. The molecular formula is C21H20F2N5+. The zero-order chi connectivity index (χ0) is 20.5. The molecule has 1 heterocycles.